The van der Waals surface area contributed by atoms with Crippen LogP contribution < -0.4 is 0 Å². The van der Waals surface area contributed by atoms with Crippen LogP contribution in [0.2, 0.25) is 0 Å². The summed E-state index contributed by atoms with van der Waals surface area (Å²) >= 11 is 0. The molecule has 1 fully saturated rings. The number of rotatable bonds is 6. The molecule has 21 heavy (non-hydrogen) atoms. The van der Waals surface area contributed by atoms with E-state index in [1.54, 1.807) is 0 Å². The van der Waals surface area contributed by atoms with Crippen LogP contribution in [0.15, 0.2) is 0 Å². The van der Waals surface area contributed by atoms with E-state index >= 15 is 0 Å². The van der Waals surface area contributed by atoms with E-state index in [1.807, 2.05) is 0 Å². The minimum absolute atomic E-state index is 0.252. The second-order valence-electron chi connectivity index (χ2n) is 5.01. The quantitative estimate of drug-likeness (QED) is 0.475. The molecule has 9 heteroatoms. The summed E-state index contributed by atoms with van der Waals surface area (Å²) < 4.78 is 0. The van der Waals surface area contributed by atoms with Crippen LogP contribution in [0.4, 0.5) is 0 Å². The van der Waals surface area contributed by atoms with Crippen molar-refractivity contribution in [3.8, 4) is 0 Å². The van der Waals surface area contributed by atoms with Crippen molar-refractivity contribution in [1.29, 1.82) is 0 Å². The molecule has 0 aromatic carbocycles. The van der Waals surface area contributed by atoms with Crippen LogP contribution >= 0.6 is 0 Å². The summed E-state index contributed by atoms with van der Waals surface area (Å²) in [4.78, 5) is 55.5. The molecule has 0 aliphatic heterocycles. The van der Waals surface area contributed by atoms with Gasteiger partial charge < -0.3 is 20.4 Å². The first kappa shape index (κ1) is 16.6. The SMILES string of the molecule is O=C1CC(C(C(=O)O)C(=O)O)CC(C(C(=O)O)C(=O)O)C1. The predicted molar refractivity (Wildman–Crippen MR) is 63.4 cm³/mol. The highest BCUT2D eigenvalue weighted by atomic mass is 16.4. The Bertz CT molecular complexity index is 425. The van der Waals surface area contributed by atoms with E-state index < -0.39 is 53.3 Å². The highest BCUT2D eigenvalue weighted by molar-refractivity contribution is 5.96. The third-order valence-corrected chi connectivity index (χ3v) is 3.59. The van der Waals surface area contributed by atoms with Gasteiger partial charge in [-0.15, -0.1) is 0 Å². The van der Waals surface area contributed by atoms with Gasteiger partial charge in [0.25, 0.3) is 0 Å². The van der Waals surface area contributed by atoms with Gasteiger partial charge in [0.05, 0.1) is 0 Å². The van der Waals surface area contributed by atoms with Crippen LogP contribution in [0.1, 0.15) is 19.3 Å². The molecule has 0 aromatic rings. The summed E-state index contributed by atoms with van der Waals surface area (Å²) in [6, 6.07) is 0. The Balaban J connectivity index is 3.04. The number of carbonyl (C=O) groups is 5. The summed E-state index contributed by atoms with van der Waals surface area (Å²) in [5.41, 5.74) is 0. The van der Waals surface area contributed by atoms with Crippen molar-refractivity contribution in [3.63, 3.8) is 0 Å². The summed E-state index contributed by atoms with van der Waals surface area (Å²) in [5.74, 6) is -13.0. The number of carbonyl (C=O) groups excluding carboxylic acids is 1. The van der Waals surface area contributed by atoms with Crippen molar-refractivity contribution >= 4 is 29.7 Å². The average molecular weight is 302 g/mol. The Kier molecular flexibility index (Phi) is 5.01. The highest BCUT2D eigenvalue weighted by Crippen LogP contribution is 2.36. The van der Waals surface area contributed by atoms with E-state index in [1.165, 1.54) is 0 Å². The van der Waals surface area contributed by atoms with E-state index in [-0.39, 0.29) is 19.3 Å². The number of hydrogen-bond acceptors (Lipinski definition) is 5. The first-order valence-corrected chi connectivity index (χ1v) is 6.08. The number of Topliss-reactive ketones (excluding diaryl/α,β-unsaturated/α-hetero) is 1. The zero-order valence-electron chi connectivity index (χ0n) is 10.8. The monoisotopic (exact) mass is 302 g/mol. The second-order valence-corrected chi connectivity index (χ2v) is 5.01. The largest absolute Gasteiger partial charge is 0.481 e. The maximum absolute atomic E-state index is 11.6. The van der Waals surface area contributed by atoms with Crippen LogP contribution in [0.5, 0.6) is 0 Å². The van der Waals surface area contributed by atoms with Gasteiger partial charge in [0.2, 0.25) is 0 Å². The maximum atomic E-state index is 11.6. The maximum Gasteiger partial charge on any atom is 0.318 e. The molecule has 2 unspecified atom stereocenters. The standard InChI is InChI=1S/C12H14O9/c13-6-2-4(7(9(14)15)10(16)17)1-5(3-6)8(11(18)19)12(20)21/h4-5,7-8H,1-3H2,(H,14,15)(H,16,17)(H,18,19)(H,20,21). The average Bonchev–Trinajstić information content (AvgIpc) is 2.25. The summed E-state index contributed by atoms with van der Waals surface area (Å²) in [6.45, 7) is 0. The molecule has 2 atom stereocenters. The zero-order valence-corrected chi connectivity index (χ0v) is 10.8. The van der Waals surface area contributed by atoms with Gasteiger partial charge in [-0.3, -0.25) is 24.0 Å². The molecular weight excluding hydrogens is 288 g/mol. The van der Waals surface area contributed by atoms with Crippen molar-refractivity contribution in [2.45, 2.75) is 19.3 Å². The third kappa shape index (κ3) is 3.77. The van der Waals surface area contributed by atoms with Gasteiger partial charge >= 0.3 is 23.9 Å². The molecule has 0 saturated heterocycles. The van der Waals surface area contributed by atoms with Gasteiger partial charge in [-0.1, -0.05) is 0 Å². The van der Waals surface area contributed by atoms with Crippen LogP contribution in [0.25, 0.3) is 0 Å². The first-order chi connectivity index (χ1) is 9.65. The van der Waals surface area contributed by atoms with Crippen molar-refractivity contribution in [2.75, 3.05) is 0 Å². The number of ketones is 1. The van der Waals surface area contributed by atoms with E-state index in [9.17, 15) is 24.0 Å². The molecule has 0 spiro atoms. The van der Waals surface area contributed by atoms with E-state index in [4.69, 9.17) is 20.4 Å². The number of aliphatic carboxylic acids is 4. The molecule has 4 N–H and O–H groups in total. The third-order valence-electron chi connectivity index (χ3n) is 3.59. The summed E-state index contributed by atoms with van der Waals surface area (Å²) in [6.07, 6.45) is -0.879. The Morgan fingerprint density at radius 2 is 1.05 bits per heavy atom. The van der Waals surface area contributed by atoms with Gasteiger partial charge in [0.1, 0.15) is 5.78 Å². The summed E-state index contributed by atoms with van der Waals surface area (Å²) in [5, 5.41) is 35.6. The van der Waals surface area contributed by atoms with Crippen LogP contribution in [0.3, 0.4) is 0 Å². The van der Waals surface area contributed by atoms with Gasteiger partial charge in [0, 0.05) is 12.8 Å². The highest BCUT2D eigenvalue weighted by Gasteiger charge is 2.45. The minimum Gasteiger partial charge on any atom is -0.481 e. The Morgan fingerprint density at radius 3 is 1.29 bits per heavy atom. The smallest absolute Gasteiger partial charge is 0.318 e. The molecule has 0 radical (unpaired) electrons. The predicted octanol–water partition coefficient (Wildman–Crippen LogP) is -0.457. The fourth-order valence-corrected chi connectivity index (χ4v) is 2.75. The van der Waals surface area contributed by atoms with Gasteiger partial charge in [0.15, 0.2) is 11.8 Å². The normalized spacial score (nSPS) is 22.3. The van der Waals surface area contributed by atoms with Crippen molar-refractivity contribution in [1.82, 2.24) is 0 Å². The van der Waals surface area contributed by atoms with E-state index in [0.29, 0.717) is 0 Å². The molecule has 1 rings (SSSR count). The van der Waals surface area contributed by atoms with Gasteiger partial charge in [-0.05, 0) is 18.3 Å². The molecule has 1 aliphatic rings. The van der Waals surface area contributed by atoms with E-state index in [0.717, 1.165) is 0 Å². The van der Waals surface area contributed by atoms with Crippen LogP contribution in [0, 0.1) is 23.7 Å². The number of carboxylic acid groups (broad SMARTS) is 4. The Labute approximate surface area is 118 Å². The van der Waals surface area contributed by atoms with Crippen LogP contribution in [-0.4, -0.2) is 50.1 Å². The minimum atomic E-state index is -1.86. The molecule has 9 nitrogen and oxygen atoms in total. The topological polar surface area (TPSA) is 166 Å². The fraction of sp³-hybridized carbons (Fsp3) is 0.583. The van der Waals surface area contributed by atoms with Gasteiger partial charge in [-0.2, -0.15) is 0 Å². The van der Waals surface area contributed by atoms with Crippen molar-refractivity contribution in [2.24, 2.45) is 23.7 Å². The molecule has 0 aromatic heterocycles. The summed E-state index contributed by atoms with van der Waals surface area (Å²) in [7, 11) is 0. The molecule has 0 bridgehead atoms. The fourth-order valence-electron chi connectivity index (χ4n) is 2.75. The van der Waals surface area contributed by atoms with Crippen molar-refractivity contribution in [3.05, 3.63) is 0 Å². The van der Waals surface area contributed by atoms with Crippen molar-refractivity contribution < 1.29 is 44.4 Å². The van der Waals surface area contributed by atoms with E-state index in [2.05, 4.69) is 0 Å². The lowest BCUT2D eigenvalue weighted by Gasteiger charge is -2.31. The molecular formula is C12H14O9. The zero-order chi connectivity index (χ0) is 16.3. The lowest BCUT2D eigenvalue weighted by molar-refractivity contribution is -0.159. The Morgan fingerprint density at radius 1 is 0.762 bits per heavy atom. The molecule has 116 valence electrons. The first-order valence-electron chi connectivity index (χ1n) is 6.08. The number of carboxylic acids is 4. The van der Waals surface area contributed by atoms with Gasteiger partial charge in [-0.25, -0.2) is 0 Å². The lowest BCUT2D eigenvalue weighted by atomic mass is 9.70. The van der Waals surface area contributed by atoms with Crippen LogP contribution in [-0.2, 0) is 24.0 Å². The molecule has 1 saturated carbocycles. The lowest BCUT2D eigenvalue weighted by Crippen LogP contribution is -2.41. The second kappa shape index (κ2) is 6.33. The molecule has 0 heterocycles. The molecule has 0 amide bonds. The Hall–Kier alpha value is -2.45. The molecule has 1 aliphatic carbocycles. The number of hydrogen-bond donors (Lipinski definition) is 4.